The maximum Gasteiger partial charge on any atom is 0.697 e. The smallest absolute Gasteiger partial charge is 0.118 e. The van der Waals surface area contributed by atoms with Gasteiger partial charge in [0.15, 0.2) is 0 Å². The summed E-state index contributed by atoms with van der Waals surface area (Å²) in [5.41, 5.74) is 0. The standard InChI is InChI=1S/C8H16Br2O3P/c1-7(2,9)5-12-14(11)13-6-8(3,4)10/h5-6H2,1-4H3/q+1. The Morgan fingerprint density at radius 1 is 1.00 bits per heavy atom. The zero-order valence-corrected chi connectivity index (χ0v) is 12.9. The van der Waals surface area contributed by atoms with Gasteiger partial charge in [0.1, 0.15) is 13.2 Å². The largest absolute Gasteiger partial charge is 0.697 e. The van der Waals surface area contributed by atoms with E-state index in [4.69, 9.17) is 9.05 Å². The van der Waals surface area contributed by atoms with Gasteiger partial charge >= 0.3 is 8.25 Å². The van der Waals surface area contributed by atoms with Crippen LogP contribution >= 0.6 is 40.1 Å². The fourth-order valence-electron chi connectivity index (χ4n) is 0.450. The summed E-state index contributed by atoms with van der Waals surface area (Å²) in [7, 11) is -2.02. The van der Waals surface area contributed by atoms with E-state index in [0.717, 1.165) is 0 Å². The van der Waals surface area contributed by atoms with Crippen molar-refractivity contribution >= 4 is 40.1 Å². The minimum Gasteiger partial charge on any atom is -0.118 e. The molecule has 0 spiro atoms. The predicted octanol–water partition coefficient (Wildman–Crippen LogP) is 4.02. The highest BCUT2D eigenvalue weighted by Gasteiger charge is 2.28. The van der Waals surface area contributed by atoms with Gasteiger partial charge in [-0.15, -0.1) is 9.05 Å². The van der Waals surface area contributed by atoms with Gasteiger partial charge in [-0.3, -0.25) is 0 Å². The van der Waals surface area contributed by atoms with Gasteiger partial charge in [-0.1, -0.05) is 31.9 Å². The third-order valence-electron chi connectivity index (χ3n) is 1.03. The van der Waals surface area contributed by atoms with Crippen molar-refractivity contribution in [2.75, 3.05) is 13.2 Å². The molecule has 0 saturated carbocycles. The first-order valence-electron chi connectivity index (χ1n) is 4.21. The summed E-state index contributed by atoms with van der Waals surface area (Å²) in [5, 5.41) is 0. The molecular weight excluding hydrogens is 335 g/mol. The second-order valence-electron chi connectivity index (χ2n) is 4.21. The maximum atomic E-state index is 11.2. The number of rotatable bonds is 6. The van der Waals surface area contributed by atoms with E-state index in [9.17, 15) is 4.57 Å². The van der Waals surface area contributed by atoms with E-state index in [1.165, 1.54) is 0 Å². The van der Waals surface area contributed by atoms with Crippen LogP contribution in [0.1, 0.15) is 27.7 Å². The van der Waals surface area contributed by atoms with E-state index in [2.05, 4.69) is 31.9 Å². The van der Waals surface area contributed by atoms with Crippen LogP contribution in [0.15, 0.2) is 0 Å². The van der Waals surface area contributed by atoms with Crippen molar-refractivity contribution in [3.8, 4) is 0 Å². The SMILES string of the molecule is CC(C)(Br)CO[P+](=O)OCC(C)(C)Br. The first kappa shape index (κ1) is 15.0. The average molecular weight is 351 g/mol. The fourth-order valence-corrected chi connectivity index (χ4v) is 1.96. The molecule has 6 heteroatoms. The maximum absolute atomic E-state index is 11.2. The number of halogens is 2. The van der Waals surface area contributed by atoms with Crippen molar-refractivity contribution in [2.24, 2.45) is 0 Å². The summed E-state index contributed by atoms with van der Waals surface area (Å²) in [4.78, 5) is 0. The summed E-state index contributed by atoms with van der Waals surface area (Å²) < 4.78 is 20.9. The molecular formula is C8H16Br2O3P+. The molecule has 0 bridgehead atoms. The molecule has 0 unspecified atom stereocenters. The molecule has 0 radical (unpaired) electrons. The van der Waals surface area contributed by atoms with Crippen LogP contribution in [0.5, 0.6) is 0 Å². The molecule has 3 nitrogen and oxygen atoms in total. The lowest BCUT2D eigenvalue weighted by atomic mass is 10.2. The summed E-state index contributed by atoms with van der Waals surface area (Å²) in [6, 6.07) is 0. The Balaban J connectivity index is 3.68. The lowest BCUT2D eigenvalue weighted by Crippen LogP contribution is -2.18. The van der Waals surface area contributed by atoms with Crippen LogP contribution in [-0.4, -0.2) is 21.9 Å². The van der Waals surface area contributed by atoms with Gasteiger partial charge in [-0.2, -0.15) is 0 Å². The molecule has 0 atom stereocenters. The van der Waals surface area contributed by atoms with Crippen molar-refractivity contribution in [1.82, 2.24) is 0 Å². The molecule has 0 aliphatic heterocycles. The number of hydrogen-bond acceptors (Lipinski definition) is 3. The molecule has 84 valence electrons. The van der Waals surface area contributed by atoms with E-state index < -0.39 is 8.25 Å². The zero-order valence-electron chi connectivity index (χ0n) is 8.84. The molecule has 0 saturated heterocycles. The van der Waals surface area contributed by atoms with Crippen LogP contribution < -0.4 is 0 Å². The number of alkyl halides is 2. The second kappa shape index (κ2) is 5.90. The topological polar surface area (TPSA) is 35.5 Å². The lowest BCUT2D eigenvalue weighted by molar-refractivity contribution is 0.207. The number of hydrogen-bond donors (Lipinski definition) is 0. The highest BCUT2D eigenvalue weighted by molar-refractivity contribution is 9.10. The fraction of sp³-hybridized carbons (Fsp3) is 1.00. The molecule has 0 aromatic rings. The molecule has 0 fully saturated rings. The van der Waals surface area contributed by atoms with E-state index >= 15 is 0 Å². The average Bonchev–Trinajstić information content (AvgIpc) is 1.94. The first-order chi connectivity index (χ1) is 6.10. The molecule has 0 amide bonds. The summed E-state index contributed by atoms with van der Waals surface area (Å²) >= 11 is 6.76. The normalized spacial score (nSPS) is 13.0. The highest BCUT2D eigenvalue weighted by Crippen LogP contribution is 2.30. The Morgan fingerprint density at radius 2 is 1.29 bits per heavy atom. The minimum absolute atomic E-state index is 0.175. The Labute approximate surface area is 103 Å². The van der Waals surface area contributed by atoms with Crippen molar-refractivity contribution < 1.29 is 13.6 Å². The lowest BCUT2D eigenvalue weighted by Gasteiger charge is -2.11. The van der Waals surface area contributed by atoms with Crippen LogP contribution in [0.2, 0.25) is 0 Å². The van der Waals surface area contributed by atoms with Gasteiger partial charge in [0.25, 0.3) is 0 Å². The van der Waals surface area contributed by atoms with Gasteiger partial charge < -0.3 is 0 Å². The molecule has 0 aliphatic carbocycles. The van der Waals surface area contributed by atoms with Crippen molar-refractivity contribution in [2.45, 2.75) is 36.3 Å². The second-order valence-corrected chi connectivity index (χ2v) is 9.46. The van der Waals surface area contributed by atoms with Gasteiger partial charge in [-0.05, 0) is 27.7 Å². The van der Waals surface area contributed by atoms with Crippen LogP contribution in [0, 0.1) is 0 Å². The molecule has 0 rings (SSSR count). The predicted molar refractivity (Wildman–Crippen MR) is 65.5 cm³/mol. The minimum atomic E-state index is -2.02. The third-order valence-corrected chi connectivity index (χ3v) is 2.16. The van der Waals surface area contributed by atoms with Gasteiger partial charge in [0.2, 0.25) is 0 Å². The Kier molecular flexibility index (Phi) is 6.31. The van der Waals surface area contributed by atoms with Crippen LogP contribution in [0.3, 0.4) is 0 Å². The van der Waals surface area contributed by atoms with Crippen molar-refractivity contribution in [3.05, 3.63) is 0 Å². The van der Waals surface area contributed by atoms with Gasteiger partial charge in [0, 0.05) is 13.2 Å². The molecule has 0 aromatic heterocycles. The molecule has 14 heavy (non-hydrogen) atoms. The van der Waals surface area contributed by atoms with Crippen LogP contribution in [-0.2, 0) is 13.6 Å². The van der Waals surface area contributed by atoms with E-state index in [0.29, 0.717) is 13.2 Å². The Morgan fingerprint density at radius 3 is 1.50 bits per heavy atom. The highest BCUT2D eigenvalue weighted by atomic mass is 79.9. The van der Waals surface area contributed by atoms with E-state index in [1.807, 2.05) is 27.7 Å². The summed E-state index contributed by atoms with van der Waals surface area (Å²) in [6.45, 7) is 8.44. The molecule has 0 heterocycles. The molecule has 0 aromatic carbocycles. The van der Waals surface area contributed by atoms with Crippen molar-refractivity contribution in [3.63, 3.8) is 0 Å². The van der Waals surface area contributed by atoms with Crippen LogP contribution in [0.25, 0.3) is 0 Å². The monoisotopic (exact) mass is 349 g/mol. The quantitative estimate of drug-likeness (QED) is 0.536. The molecule has 0 N–H and O–H groups in total. The Hall–Kier alpha value is 0.980. The summed E-state index contributed by atoms with van der Waals surface area (Å²) in [5.74, 6) is 0. The van der Waals surface area contributed by atoms with Gasteiger partial charge in [0.05, 0.1) is 0 Å². The third kappa shape index (κ3) is 11.1. The molecule has 0 aliphatic rings. The summed E-state index contributed by atoms with van der Waals surface area (Å²) in [6.07, 6.45) is 0. The van der Waals surface area contributed by atoms with E-state index in [-0.39, 0.29) is 8.65 Å². The van der Waals surface area contributed by atoms with Gasteiger partial charge in [-0.25, -0.2) is 0 Å². The van der Waals surface area contributed by atoms with Crippen LogP contribution in [0.4, 0.5) is 0 Å². The Bertz CT molecular complexity index is 176. The first-order valence-corrected chi connectivity index (χ1v) is 6.89. The van der Waals surface area contributed by atoms with E-state index in [1.54, 1.807) is 0 Å². The van der Waals surface area contributed by atoms with Crippen molar-refractivity contribution in [1.29, 1.82) is 0 Å². The zero-order chi connectivity index (χ0) is 11.4.